The van der Waals surface area contributed by atoms with E-state index in [0.717, 1.165) is 16.5 Å². The van der Waals surface area contributed by atoms with Gasteiger partial charge >= 0.3 is 5.97 Å². The molecule has 98 valence electrons. The molecule has 19 heavy (non-hydrogen) atoms. The molecule has 0 aliphatic rings. The van der Waals surface area contributed by atoms with Gasteiger partial charge in [-0.15, -0.1) is 11.6 Å². The average molecular weight is 279 g/mol. The van der Waals surface area contributed by atoms with Crippen LogP contribution in [-0.2, 0) is 9.59 Å². The number of halogens is 1. The number of carbonyl (C=O) groups excluding carboxylic acids is 2. The molecule has 0 saturated carbocycles. The maximum Gasteiger partial charge on any atom is 0.336 e. The van der Waals surface area contributed by atoms with Gasteiger partial charge in [-0.2, -0.15) is 0 Å². The summed E-state index contributed by atoms with van der Waals surface area (Å²) < 4.78 is 10.1. The lowest BCUT2D eigenvalue weighted by Gasteiger charge is -2.07. The highest BCUT2D eigenvalue weighted by molar-refractivity contribution is 6.37. The Hall–Kier alpha value is -2.07. The quantitative estimate of drug-likeness (QED) is 0.284. The van der Waals surface area contributed by atoms with Crippen LogP contribution in [0.25, 0.3) is 10.8 Å². The van der Waals surface area contributed by atoms with Gasteiger partial charge in [0, 0.05) is 0 Å². The minimum atomic E-state index is -1.29. The van der Waals surface area contributed by atoms with Crippen molar-refractivity contribution >= 4 is 34.6 Å². The van der Waals surface area contributed by atoms with Gasteiger partial charge < -0.3 is 14.3 Å². The molecule has 2 aromatic carbocycles. The first-order valence-electron chi connectivity index (χ1n) is 5.53. The Morgan fingerprint density at radius 1 is 1.16 bits per heavy atom. The van der Waals surface area contributed by atoms with Crippen molar-refractivity contribution < 1.29 is 19.1 Å². The van der Waals surface area contributed by atoms with Crippen molar-refractivity contribution in [3.63, 3.8) is 0 Å². The number of carbonyl (C=O) groups is 2. The van der Waals surface area contributed by atoms with Crippen LogP contribution in [0.5, 0.6) is 11.5 Å². The molecule has 0 bridgehead atoms. The SMILES string of the molecule is COc1ccc2cc(OC(=O)C(Cl)C=O)ccc2c1. The molecule has 5 heteroatoms. The molecule has 0 aromatic heterocycles. The molecule has 2 aromatic rings. The third kappa shape index (κ3) is 3.03. The van der Waals surface area contributed by atoms with E-state index in [-0.39, 0.29) is 0 Å². The molecule has 0 aliphatic heterocycles. The molecule has 0 fully saturated rings. The van der Waals surface area contributed by atoms with Gasteiger partial charge in [0.05, 0.1) is 7.11 Å². The highest BCUT2D eigenvalue weighted by atomic mass is 35.5. The molecule has 0 amide bonds. The van der Waals surface area contributed by atoms with Crippen molar-refractivity contribution in [2.45, 2.75) is 5.38 Å². The Balaban J connectivity index is 2.27. The standard InChI is InChI=1S/C14H11ClO4/c1-18-11-4-2-10-7-12(5-3-9(10)6-11)19-14(17)13(15)8-16/h2-8,13H,1H3. The van der Waals surface area contributed by atoms with Gasteiger partial charge in [0.1, 0.15) is 17.8 Å². The second kappa shape index (κ2) is 5.71. The van der Waals surface area contributed by atoms with Crippen LogP contribution in [0, 0.1) is 0 Å². The monoisotopic (exact) mass is 278 g/mol. The minimum absolute atomic E-state index is 0.329. The maximum absolute atomic E-state index is 11.4. The zero-order chi connectivity index (χ0) is 13.8. The molecule has 0 N–H and O–H groups in total. The average Bonchev–Trinajstić information content (AvgIpc) is 2.45. The number of hydrogen-bond donors (Lipinski definition) is 0. The van der Waals surface area contributed by atoms with Crippen molar-refractivity contribution in [1.29, 1.82) is 0 Å². The van der Waals surface area contributed by atoms with Gasteiger partial charge in [0.2, 0.25) is 0 Å². The van der Waals surface area contributed by atoms with E-state index in [9.17, 15) is 9.59 Å². The molecule has 2 rings (SSSR count). The highest BCUT2D eigenvalue weighted by Gasteiger charge is 2.16. The Kier molecular flexibility index (Phi) is 4.02. The van der Waals surface area contributed by atoms with E-state index < -0.39 is 11.3 Å². The Morgan fingerprint density at radius 3 is 2.32 bits per heavy atom. The van der Waals surface area contributed by atoms with Gasteiger partial charge in [-0.3, -0.25) is 0 Å². The third-order valence-electron chi connectivity index (χ3n) is 2.58. The van der Waals surface area contributed by atoms with Crippen molar-refractivity contribution in [2.24, 2.45) is 0 Å². The lowest BCUT2D eigenvalue weighted by atomic mass is 10.1. The number of hydrogen-bond acceptors (Lipinski definition) is 4. The molecule has 1 atom stereocenters. The summed E-state index contributed by atoms with van der Waals surface area (Å²) in [6, 6.07) is 10.7. The van der Waals surface area contributed by atoms with Gasteiger partial charge in [-0.05, 0) is 35.0 Å². The predicted octanol–water partition coefficient (Wildman–Crippen LogP) is 2.56. The fourth-order valence-corrected chi connectivity index (χ4v) is 1.66. The zero-order valence-corrected chi connectivity index (χ0v) is 10.9. The summed E-state index contributed by atoms with van der Waals surface area (Å²) in [7, 11) is 1.59. The number of methoxy groups -OCH3 is 1. The molecule has 1 unspecified atom stereocenters. The maximum atomic E-state index is 11.4. The molecular weight excluding hydrogens is 268 g/mol. The third-order valence-corrected chi connectivity index (χ3v) is 2.86. The molecule has 0 heterocycles. The molecule has 0 aliphatic carbocycles. The number of aldehydes is 1. The molecule has 0 radical (unpaired) electrons. The van der Waals surface area contributed by atoms with Gasteiger partial charge in [-0.25, -0.2) is 4.79 Å². The van der Waals surface area contributed by atoms with Gasteiger partial charge in [0.15, 0.2) is 5.38 Å². The highest BCUT2D eigenvalue weighted by Crippen LogP contribution is 2.25. The minimum Gasteiger partial charge on any atom is -0.497 e. The smallest absolute Gasteiger partial charge is 0.336 e. The number of ether oxygens (including phenoxy) is 2. The first-order chi connectivity index (χ1) is 9.13. The number of esters is 1. The second-order valence-corrected chi connectivity index (χ2v) is 4.30. The number of benzene rings is 2. The van der Waals surface area contributed by atoms with Crippen molar-refractivity contribution in [2.75, 3.05) is 7.11 Å². The van der Waals surface area contributed by atoms with E-state index in [1.165, 1.54) is 0 Å². The van der Waals surface area contributed by atoms with Crippen LogP contribution in [0.3, 0.4) is 0 Å². The number of alkyl halides is 1. The van der Waals surface area contributed by atoms with E-state index in [1.807, 2.05) is 18.2 Å². The second-order valence-electron chi connectivity index (χ2n) is 3.83. The zero-order valence-electron chi connectivity index (χ0n) is 10.1. The summed E-state index contributed by atoms with van der Waals surface area (Å²) in [6.45, 7) is 0. The largest absolute Gasteiger partial charge is 0.497 e. The van der Waals surface area contributed by atoms with Crippen LogP contribution < -0.4 is 9.47 Å². The molecule has 0 spiro atoms. The summed E-state index contributed by atoms with van der Waals surface area (Å²) >= 11 is 5.46. The van der Waals surface area contributed by atoms with Crippen molar-refractivity contribution in [3.05, 3.63) is 36.4 Å². The van der Waals surface area contributed by atoms with Crippen molar-refractivity contribution in [3.8, 4) is 11.5 Å². The van der Waals surface area contributed by atoms with E-state index in [1.54, 1.807) is 25.3 Å². The summed E-state index contributed by atoms with van der Waals surface area (Å²) in [5.74, 6) is 0.304. The first kappa shape index (κ1) is 13.4. The fraction of sp³-hybridized carbons (Fsp3) is 0.143. The van der Waals surface area contributed by atoms with E-state index in [4.69, 9.17) is 21.1 Å². The molecular formula is C14H11ClO4. The van der Waals surface area contributed by atoms with E-state index >= 15 is 0 Å². The fourth-order valence-electron chi connectivity index (χ4n) is 1.62. The summed E-state index contributed by atoms with van der Waals surface area (Å²) in [5, 5.41) is 0.562. The van der Waals surface area contributed by atoms with E-state index in [2.05, 4.69) is 0 Å². The van der Waals surface area contributed by atoms with Crippen LogP contribution in [-0.4, -0.2) is 24.7 Å². The summed E-state index contributed by atoms with van der Waals surface area (Å²) in [6.07, 6.45) is 0.329. The molecule has 4 nitrogen and oxygen atoms in total. The van der Waals surface area contributed by atoms with Crippen LogP contribution in [0.4, 0.5) is 0 Å². The van der Waals surface area contributed by atoms with Crippen LogP contribution in [0.2, 0.25) is 0 Å². The first-order valence-corrected chi connectivity index (χ1v) is 5.96. The van der Waals surface area contributed by atoms with Crippen molar-refractivity contribution in [1.82, 2.24) is 0 Å². The summed E-state index contributed by atoms with van der Waals surface area (Å²) in [4.78, 5) is 21.7. The topological polar surface area (TPSA) is 52.6 Å². The summed E-state index contributed by atoms with van der Waals surface area (Å²) in [5.41, 5.74) is 0. The Labute approximate surface area is 114 Å². The van der Waals surface area contributed by atoms with Crippen LogP contribution >= 0.6 is 11.6 Å². The normalized spacial score (nSPS) is 11.9. The van der Waals surface area contributed by atoms with E-state index in [0.29, 0.717) is 12.0 Å². The number of fused-ring (bicyclic) bond motifs is 1. The molecule has 0 saturated heterocycles. The lowest BCUT2D eigenvalue weighted by Crippen LogP contribution is -2.21. The van der Waals surface area contributed by atoms with Crippen LogP contribution in [0.15, 0.2) is 36.4 Å². The number of rotatable bonds is 4. The predicted molar refractivity (Wildman–Crippen MR) is 71.8 cm³/mol. The lowest BCUT2D eigenvalue weighted by molar-refractivity contribution is -0.135. The van der Waals surface area contributed by atoms with Gasteiger partial charge in [0.25, 0.3) is 0 Å². The van der Waals surface area contributed by atoms with Crippen LogP contribution in [0.1, 0.15) is 0 Å². The Morgan fingerprint density at radius 2 is 1.74 bits per heavy atom. The Bertz CT molecular complexity index is 624. The van der Waals surface area contributed by atoms with Gasteiger partial charge in [-0.1, -0.05) is 12.1 Å².